The van der Waals surface area contributed by atoms with Crippen LogP contribution in [0.4, 0.5) is 21.5 Å². The van der Waals surface area contributed by atoms with E-state index >= 15 is 0 Å². The fraction of sp³-hybridized carbons (Fsp3) is 0.111. The lowest BCUT2D eigenvalue weighted by Gasteiger charge is -2.13. The first-order valence-electron chi connectivity index (χ1n) is 11.7. The highest BCUT2D eigenvalue weighted by Crippen LogP contribution is 2.28. The number of carbonyl (C=O) groups is 1. The third-order valence-electron chi connectivity index (χ3n) is 6.07. The summed E-state index contributed by atoms with van der Waals surface area (Å²) in [5.74, 6) is -1.13. The van der Waals surface area contributed by atoms with Gasteiger partial charge in [0.05, 0.1) is 22.9 Å². The number of aromatic amines is 1. The normalized spacial score (nSPS) is 11.5. The number of hydrogen-bond donors (Lipinski definition) is 3. The van der Waals surface area contributed by atoms with Gasteiger partial charge >= 0.3 is 0 Å². The van der Waals surface area contributed by atoms with Gasteiger partial charge in [0.15, 0.2) is 5.69 Å². The highest BCUT2D eigenvalue weighted by atomic mass is 32.2. The van der Waals surface area contributed by atoms with Crippen molar-refractivity contribution in [3.8, 4) is 11.3 Å². The van der Waals surface area contributed by atoms with Crippen LogP contribution in [0, 0.1) is 12.7 Å². The van der Waals surface area contributed by atoms with Gasteiger partial charge in [-0.3, -0.25) is 9.59 Å². The van der Waals surface area contributed by atoms with Gasteiger partial charge in [0.25, 0.3) is 11.5 Å². The minimum absolute atomic E-state index is 0.143. The van der Waals surface area contributed by atoms with Gasteiger partial charge in [-0.25, -0.2) is 22.8 Å². The number of aromatic nitrogens is 4. The Kier molecular flexibility index (Phi) is 6.48. The van der Waals surface area contributed by atoms with Crippen LogP contribution in [0.15, 0.2) is 76.9 Å². The van der Waals surface area contributed by atoms with Crippen LogP contribution in [0.3, 0.4) is 0 Å². The molecule has 0 aliphatic rings. The van der Waals surface area contributed by atoms with Crippen LogP contribution in [-0.4, -0.2) is 40.1 Å². The molecule has 2 heterocycles. The second-order valence-corrected chi connectivity index (χ2v) is 11.0. The van der Waals surface area contributed by atoms with Crippen molar-refractivity contribution >= 4 is 43.7 Å². The highest BCUT2D eigenvalue weighted by Gasteiger charge is 2.23. The standard InChI is InChI=1S/C27H23FN6O4S/c1-15-4-9-19(13-22(15)30-18-10-11-21-20(12-18)26(36)34(2)14-29-21)31-25(35)24-23(16-5-7-17(28)8-6-16)32-27(33-24)39(3,37)38/h4-14,30H,1-3H3,(H,31,35)(H,32,33). The van der Waals surface area contributed by atoms with Crippen molar-refractivity contribution in [2.24, 2.45) is 7.05 Å². The zero-order valence-electron chi connectivity index (χ0n) is 21.1. The second-order valence-electron chi connectivity index (χ2n) is 9.05. The van der Waals surface area contributed by atoms with Gasteiger partial charge in [-0.05, 0) is 67.1 Å². The molecule has 5 rings (SSSR count). The van der Waals surface area contributed by atoms with Crippen molar-refractivity contribution in [3.05, 3.63) is 94.4 Å². The monoisotopic (exact) mass is 546 g/mol. The number of nitrogens with zero attached hydrogens (tertiary/aromatic N) is 3. The molecule has 3 N–H and O–H groups in total. The van der Waals surface area contributed by atoms with Crippen LogP contribution in [0.5, 0.6) is 0 Å². The smallest absolute Gasteiger partial charge is 0.276 e. The summed E-state index contributed by atoms with van der Waals surface area (Å²) in [6, 6.07) is 15.7. The van der Waals surface area contributed by atoms with Crippen molar-refractivity contribution in [1.82, 2.24) is 19.5 Å². The molecule has 0 fully saturated rings. The molecule has 0 bridgehead atoms. The van der Waals surface area contributed by atoms with E-state index in [1.807, 2.05) is 6.92 Å². The Labute approximate surface area is 222 Å². The van der Waals surface area contributed by atoms with E-state index in [2.05, 4.69) is 25.6 Å². The molecule has 0 saturated heterocycles. The molecule has 0 unspecified atom stereocenters. The quantitative estimate of drug-likeness (QED) is 0.291. The molecule has 10 nitrogen and oxygen atoms in total. The SMILES string of the molecule is Cc1ccc(NC(=O)c2nc(S(C)(=O)=O)[nH]c2-c2ccc(F)cc2)cc1Nc1ccc2ncn(C)c(=O)c2c1. The summed E-state index contributed by atoms with van der Waals surface area (Å²) in [7, 11) is -2.12. The zero-order valence-corrected chi connectivity index (χ0v) is 21.9. The van der Waals surface area contributed by atoms with Gasteiger partial charge in [0.1, 0.15) is 5.82 Å². The lowest BCUT2D eigenvalue weighted by atomic mass is 10.1. The first-order chi connectivity index (χ1) is 18.5. The summed E-state index contributed by atoms with van der Waals surface area (Å²) >= 11 is 0. The van der Waals surface area contributed by atoms with Crippen molar-refractivity contribution < 1.29 is 17.6 Å². The number of halogens is 1. The van der Waals surface area contributed by atoms with Crippen LogP contribution in [0.25, 0.3) is 22.2 Å². The van der Waals surface area contributed by atoms with Crippen LogP contribution >= 0.6 is 0 Å². The Morgan fingerprint density at radius 3 is 2.46 bits per heavy atom. The van der Waals surface area contributed by atoms with Crippen molar-refractivity contribution in [2.45, 2.75) is 12.1 Å². The fourth-order valence-corrected chi connectivity index (χ4v) is 4.53. The third kappa shape index (κ3) is 5.27. The van der Waals surface area contributed by atoms with Crippen molar-refractivity contribution in [2.75, 3.05) is 16.9 Å². The molecule has 198 valence electrons. The number of amides is 1. The highest BCUT2D eigenvalue weighted by molar-refractivity contribution is 7.90. The molecular weight excluding hydrogens is 523 g/mol. The first-order valence-corrected chi connectivity index (χ1v) is 13.6. The lowest BCUT2D eigenvalue weighted by molar-refractivity contribution is 0.102. The van der Waals surface area contributed by atoms with Crippen molar-refractivity contribution in [3.63, 3.8) is 0 Å². The van der Waals surface area contributed by atoms with Crippen LogP contribution in [0.2, 0.25) is 0 Å². The molecule has 12 heteroatoms. The predicted octanol–water partition coefficient (Wildman–Crippen LogP) is 4.17. The molecule has 39 heavy (non-hydrogen) atoms. The number of imidazole rings is 1. The summed E-state index contributed by atoms with van der Waals surface area (Å²) < 4.78 is 39.1. The number of nitrogens with one attached hydrogen (secondary N) is 3. The topological polar surface area (TPSA) is 139 Å². The molecule has 0 atom stereocenters. The van der Waals surface area contributed by atoms with E-state index < -0.39 is 21.6 Å². The Hall–Kier alpha value is -4.84. The minimum atomic E-state index is -3.75. The largest absolute Gasteiger partial charge is 0.355 e. The van der Waals surface area contributed by atoms with E-state index in [1.165, 1.54) is 35.2 Å². The molecule has 0 spiro atoms. The number of sulfone groups is 1. The van der Waals surface area contributed by atoms with E-state index in [0.29, 0.717) is 33.5 Å². The first kappa shape index (κ1) is 25.8. The maximum Gasteiger partial charge on any atom is 0.276 e. The van der Waals surface area contributed by atoms with Crippen LogP contribution in [-0.2, 0) is 16.9 Å². The molecule has 1 amide bonds. The number of benzene rings is 3. The number of fused-ring (bicyclic) bond motifs is 1. The fourth-order valence-electron chi connectivity index (χ4n) is 3.99. The van der Waals surface area contributed by atoms with E-state index in [1.54, 1.807) is 43.4 Å². The van der Waals surface area contributed by atoms with E-state index in [9.17, 15) is 22.4 Å². The molecule has 0 saturated carbocycles. The molecule has 2 aromatic heterocycles. The number of aryl methyl sites for hydroxylation is 2. The Bertz CT molecular complexity index is 1910. The Morgan fingerprint density at radius 1 is 1.03 bits per heavy atom. The van der Waals surface area contributed by atoms with Crippen LogP contribution in [0.1, 0.15) is 16.1 Å². The zero-order chi connectivity index (χ0) is 27.9. The molecule has 5 aromatic rings. The molecule has 0 radical (unpaired) electrons. The summed E-state index contributed by atoms with van der Waals surface area (Å²) in [6.45, 7) is 1.88. The van der Waals surface area contributed by atoms with Gasteiger partial charge in [-0.15, -0.1) is 0 Å². The average Bonchev–Trinajstić information content (AvgIpc) is 3.35. The van der Waals surface area contributed by atoms with Crippen LogP contribution < -0.4 is 16.2 Å². The Balaban J connectivity index is 1.46. The molecule has 0 aliphatic carbocycles. The number of H-pyrrole nitrogens is 1. The third-order valence-corrected chi connectivity index (χ3v) is 6.97. The summed E-state index contributed by atoms with van der Waals surface area (Å²) in [5.41, 5.74) is 3.40. The second kappa shape index (κ2) is 9.80. The van der Waals surface area contributed by atoms with Gasteiger partial charge in [-0.1, -0.05) is 6.07 Å². The number of carbonyl (C=O) groups excluding carboxylic acids is 1. The number of rotatable bonds is 6. The number of anilines is 3. The average molecular weight is 547 g/mol. The van der Waals surface area contributed by atoms with Gasteiger partial charge in [0, 0.05) is 35.9 Å². The summed E-state index contributed by atoms with van der Waals surface area (Å²) in [4.78, 5) is 36.7. The maximum absolute atomic E-state index is 13.5. The van der Waals surface area contributed by atoms with Gasteiger partial charge in [-0.2, -0.15) is 0 Å². The number of hydrogen-bond acceptors (Lipinski definition) is 7. The predicted molar refractivity (Wildman–Crippen MR) is 146 cm³/mol. The molecule has 0 aliphatic heterocycles. The summed E-state index contributed by atoms with van der Waals surface area (Å²) in [5, 5.41) is 6.10. The van der Waals surface area contributed by atoms with Gasteiger partial charge in [0.2, 0.25) is 15.0 Å². The minimum Gasteiger partial charge on any atom is -0.355 e. The van der Waals surface area contributed by atoms with E-state index in [0.717, 1.165) is 11.8 Å². The molecular formula is C27H23FN6O4S. The Morgan fingerprint density at radius 2 is 1.74 bits per heavy atom. The van der Waals surface area contributed by atoms with Crippen molar-refractivity contribution in [1.29, 1.82) is 0 Å². The lowest BCUT2D eigenvalue weighted by Crippen LogP contribution is -2.16. The van der Waals surface area contributed by atoms with E-state index in [4.69, 9.17) is 0 Å². The molecule has 3 aromatic carbocycles. The van der Waals surface area contributed by atoms with E-state index in [-0.39, 0.29) is 22.1 Å². The summed E-state index contributed by atoms with van der Waals surface area (Å²) in [6.07, 6.45) is 2.44. The maximum atomic E-state index is 13.5. The van der Waals surface area contributed by atoms with Gasteiger partial charge < -0.3 is 20.2 Å².